The van der Waals surface area contributed by atoms with E-state index < -0.39 is 0 Å². The molecule has 0 saturated heterocycles. The smallest absolute Gasteiger partial charge is 0 e. The van der Waals surface area contributed by atoms with E-state index in [-0.39, 0.29) is 40.1 Å². The van der Waals surface area contributed by atoms with Crippen molar-refractivity contribution in [2.24, 2.45) is 0 Å². The number of hydrogen-bond donors (Lipinski definition) is 0. The molecule has 0 unspecified atom stereocenters. The number of rotatable bonds is 0. The third-order valence-electron chi connectivity index (χ3n) is 1.66. The zero-order chi connectivity index (χ0) is 12.8. The van der Waals surface area contributed by atoms with Crippen LogP contribution in [0.25, 0.3) is 10.8 Å². The van der Waals surface area contributed by atoms with Crippen LogP contribution in [0.15, 0.2) is 48.5 Å². The van der Waals surface area contributed by atoms with Gasteiger partial charge in [0.2, 0.25) is 0 Å². The average Bonchev–Trinajstić information content (AvgIpc) is 2.45. The van der Waals surface area contributed by atoms with E-state index in [1.807, 2.05) is 41.5 Å². The molecule has 0 aromatic heterocycles. The fraction of sp³-hybridized carbons (Fsp3) is 0.353. The molecular formula is C17H29Y-. The van der Waals surface area contributed by atoms with Gasteiger partial charge in [-0.15, -0.1) is 0 Å². The Morgan fingerprint density at radius 3 is 0.833 bits per heavy atom. The molecule has 18 heavy (non-hydrogen) atoms. The molecule has 0 N–H and O–H groups in total. The van der Waals surface area contributed by atoms with Gasteiger partial charge in [-0.3, -0.25) is 0 Å². The Morgan fingerprint density at radius 2 is 0.667 bits per heavy atom. The Morgan fingerprint density at radius 1 is 0.500 bits per heavy atom. The van der Waals surface area contributed by atoms with Crippen LogP contribution in [0.5, 0.6) is 0 Å². The summed E-state index contributed by atoms with van der Waals surface area (Å²) < 4.78 is 0. The molecule has 0 atom stereocenters. The minimum absolute atomic E-state index is 0. The quantitative estimate of drug-likeness (QED) is 0.495. The molecule has 0 spiro atoms. The summed E-state index contributed by atoms with van der Waals surface area (Å²) in [5.74, 6) is 0. The largest absolute Gasteiger partial charge is 0.358 e. The Hall–Kier alpha value is -0.196. The van der Waals surface area contributed by atoms with E-state index in [1.54, 1.807) is 0 Å². The molecule has 0 nitrogen and oxygen atoms in total. The molecule has 1 heteroatoms. The Bertz CT molecular complexity index is 277. The predicted octanol–water partition coefficient (Wildman–Crippen LogP) is 6.37. The van der Waals surface area contributed by atoms with Crippen LogP contribution >= 0.6 is 0 Å². The first-order chi connectivity index (χ1) is 7.97. The van der Waals surface area contributed by atoms with E-state index >= 15 is 0 Å². The van der Waals surface area contributed by atoms with Crippen molar-refractivity contribution in [3.8, 4) is 0 Å². The molecule has 101 valence electrons. The van der Waals surface area contributed by atoms with Gasteiger partial charge >= 0.3 is 0 Å². The third-order valence-corrected chi connectivity index (χ3v) is 1.66. The SMILES string of the molecule is CC.CC.CC.[CH3-].[Y].c1ccc2ccccc2c1. The summed E-state index contributed by atoms with van der Waals surface area (Å²) in [4.78, 5) is 0. The van der Waals surface area contributed by atoms with Gasteiger partial charge in [-0.25, -0.2) is 0 Å². The van der Waals surface area contributed by atoms with E-state index in [0.29, 0.717) is 0 Å². The molecular weight excluding hydrogens is 293 g/mol. The molecule has 2 aromatic carbocycles. The second-order valence-electron chi connectivity index (χ2n) is 2.35. The maximum Gasteiger partial charge on any atom is 0 e. The van der Waals surface area contributed by atoms with Crippen LogP contribution in [0.1, 0.15) is 41.5 Å². The predicted molar refractivity (Wildman–Crippen MR) is 84.4 cm³/mol. The Balaban J connectivity index is -0.000000109. The zero-order valence-corrected chi connectivity index (χ0v) is 16.0. The number of fused-ring (bicyclic) bond motifs is 1. The average molecular weight is 322 g/mol. The van der Waals surface area contributed by atoms with E-state index in [9.17, 15) is 0 Å². The summed E-state index contributed by atoms with van der Waals surface area (Å²) >= 11 is 0. The van der Waals surface area contributed by atoms with Crippen molar-refractivity contribution >= 4 is 10.8 Å². The maximum atomic E-state index is 2.12. The fourth-order valence-electron chi connectivity index (χ4n) is 1.13. The van der Waals surface area contributed by atoms with Crippen LogP contribution in [-0.4, -0.2) is 0 Å². The standard InChI is InChI=1S/C10H8.3C2H6.CH3.Y/c1-2-6-10-8-4-3-7-9(10)5-1;3*1-2;;/h1-8H;3*1-2H3;1H3;/q;;;;-1;. The summed E-state index contributed by atoms with van der Waals surface area (Å²) in [5.41, 5.74) is 0. The van der Waals surface area contributed by atoms with Crippen LogP contribution in [-0.2, 0) is 32.7 Å². The first-order valence-corrected chi connectivity index (χ1v) is 6.40. The second-order valence-corrected chi connectivity index (χ2v) is 2.35. The summed E-state index contributed by atoms with van der Waals surface area (Å²) in [5, 5.41) is 2.62. The van der Waals surface area contributed by atoms with Gasteiger partial charge in [-0.1, -0.05) is 90.1 Å². The van der Waals surface area contributed by atoms with E-state index in [1.165, 1.54) is 10.8 Å². The van der Waals surface area contributed by atoms with Crippen LogP contribution in [0.4, 0.5) is 0 Å². The van der Waals surface area contributed by atoms with Crippen LogP contribution in [0.3, 0.4) is 0 Å². The van der Waals surface area contributed by atoms with Crippen molar-refractivity contribution in [2.75, 3.05) is 0 Å². The fourth-order valence-corrected chi connectivity index (χ4v) is 1.13. The molecule has 0 aliphatic carbocycles. The first-order valence-electron chi connectivity index (χ1n) is 6.40. The Labute approximate surface area is 140 Å². The van der Waals surface area contributed by atoms with E-state index in [2.05, 4.69) is 48.5 Å². The van der Waals surface area contributed by atoms with Gasteiger partial charge in [0.15, 0.2) is 0 Å². The van der Waals surface area contributed by atoms with Gasteiger partial charge in [0.05, 0.1) is 0 Å². The molecule has 1 radical (unpaired) electrons. The molecule has 0 bridgehead atoms. The van der Waals surface area contributed by atoms with Crippen molar-refractivity contribution < 1.29 is 32.7 Å². The molecule has 0 saturated carbocycles. The molecule has 0 fully saturated rings. The van der Waals surface area contributed by atoms with E-state index in [4.69, 9.17) is 0 Å². The molecule has 0 aliphatic rings. The van der Waals surface area contributed by atoms with Crippen molar-refractivity contribution in [2.45, 2.75) is 41.5 Å². The Kier molecular flexibility index (Phi) is 32.3. The van der Waals surface area contributed by atoms with Crippen LogP contribution < -0.4 is 0 Å². The summed E-state index contributed by atoms with van der Waals surface area (Å²) in [6.45, 7) is 12.0. The molecule has 0 heterocycles. The first kappa shape index (κ1) is 26.4. The van der Waals surface area contributed by atoms with E-state index in [0.717, 1.165) is 0 Å². The minimum Gasteiger partial charge on any atom is -0.358 e. The second kappa shape index (κ2) is 22.0. The van der Waals surface area contributed by atoms with Crippen molar-refractivity contribution in [1.82, 2.24) is 0 Å². The minimum atomic E-state index is 0. The molecule has 2 aromatic rings. The number of benzene rings is 2. The molecule has 2 rings (SSSR count). The summed E-state index contributed by atoms with van der Waals surface area (Å²) in [6.07, 6.45) is 0. The van der Waals surface area contributed by atoms with Gasteiger partial charge in [0.1, 0.15) is 0 Å². The maximum absolute atomic E-state index is 2.12. The van der Waals surface area contributed by atoms with Crippen LogP contribution in [0, 0.1) is 7.43 Å². The van der Waals surface area contributed by atoms with Crippen LogP contribution in [0.2, 0.25) is 0 Å². The van der Waals surface area contributed by atoms with Crippen molar-refractivity contribution in [3.63, 3.8) is 0 Å². The monoisotopic (exact) mass is 322 g/mol. The third kappa shape index (κ3) is 10.9. The van der Waals surface area contributed by atoms with Gasteiger partial charge < -0.3 is 7.43 Å². The number of hydrogen-bond acceptors (Lipinski definition) is 0. The van der Waals surface area contributed by atoms with Gasteiger partial charge in [0, 0.05) is 32.7 Å². The molecule has 0 amide bonds. The van der Waals surface area contributed by atoms with Crippen molar-refractivity contribution in [3.05, 3.63) is 56.0 Å². The van der Waals surface area contributed by atoms with Gasteiger partial charge in [-0.05, 0) is 10.8 Å². The van der Waals surface area contributed by atoms with Gasteiger partial charge in [0.25, 0.3) is 0 Å². The zero-order valence-electron chi connectivity index (χ0n) is 13.2. The summed E-state index contributed by atoms with van der Waals surface area (Å²) in [7, 11) is 0. The normalized spacial score (nSPS) is 6.56. The van der Waals surface area contributed by atoms with Gasteiger partial charge in [-0.2, -0.15) is 0 Å². The summed E-state index contributed by atoms with van der Waals surface area (Å²) in [6, 6.07) is 16.7. The topological polar surface area (TPSA) is 0 Å². The van der Waals surface area contributed by atoms with Crippen molar-refractivity contribution in [1.29, 1.82) is 0 Å². The molecule has 0 aliphatic heterocycles.